The van der Waals surface area contributed by atoms with Crippen molar-refractivity contribution in [3.63, 3.8) is 0 Å². The van der Waals surface area contributed by atoms with Crippen LogP contribution in [0.25, 0.3) is 5.65 Å². The van der Waals surface area contributed by atoms with Crippen LogP contribution in [0.2, 0.25) is 0 Å². The van der Waals surface area contributed by atoms with Crippen LogP contribution in [0.1, 0.15) is 42.5 Å². The van der Waals surface area contributed by atoms with E-state index >= 15 is 0 Å². The molecule has 1 aliphatic carbocycles. The summed E-state index contributed by atoms with van der Waals surface area (Å²) in [5.74, 6) is 0.0737. The monoisotopic (exact) mass is 429 g/mol. The van der Waals surface area contributed by atoms with Gasteiger partial charge in [-0.25, -0.2) is 18.3 Å². The second-order valence-electron chi connectivity index (χ2n) is 8.28. The van der Waals surface area contributed by atoms with Crippen molar-refractivity contribution in [2.45, 2.75) is 50.4 Å². The molecule has 9 heteroatoms. The lowest BCUT2D eigenvalue weighted by molar-refractivity contribution is 0.0697. The van der Waals surface area contributed by atoms with Gasteiger partial charge in [-0.1, -0.05) is 0 Å². The number of alkyl halides is 1. The summed E-state index contributed by atoms with van der Waals surface area (Å²) in [6.45, 7) is 1.97. The summed E-state index contributed by atoms with van der Waals surface area (Å²) < 4.78 is 35.3. The SMILES string of the molecule is O=C(NC1CCOCC1)c1cnn2ccc(N3CCC[C@@H]3C3=C(F)C=CC(F)C3)nc12. The molecule has 31 heavy (non-hydrogen) atoms. The van der Waals surface area contributed by atoms with Crippen LogP contribution in [0, 0.1) is 0 Å². The van der Waals surface area contributed by atoms with Crippen LogP contribution in [-0.2, 0) is 4.74 Å². The highest BCUT2D eigenvalue weighted by molar-refractivity contribution is 5.99. The molecule has 4 heterocycles. The average molecular weight is 429 g/mol. The molecular formula is C22H25F2N5O2. The van der Waals surface area contributed by atoms with E-state index in [1.165, 1.54) is 18.3 Å². The van der Waals surface area contributed by atoms with Crippen molar-refractivity contribution in [1.82, 2.24) is 19.9 Å². The summed E-state index contributed by atoms with van der Waals surface area (Å²) in [6, 6.07) is 1.65. The normalized spacial score (nSPS) is 24.9. The van der Waals surface area contributed by atoms with Gasteiger partial charge in [0.15, 0.2) is 5.65 Å². The molecule has 2 atom stereocenters. The number of hydrogen-bond acceptors (Lipinski definition) is 5. The second-order valence-corrected chi connectivity index (χ2v) is 8.28. The number of allylic oxidation sites excluding steroid dienone is 3. The van der Waals surface area contributed by atoms with E-state index < -0.39 is 6.17 Å². The largest absolute Gasteiger partial charge is 0.381 e. The van der Waals surface area contributed by atoms with Crippen molar-refractivity contribution < 1.29 is 18.3 Å². The molecular weight excluding hydrogens is 404 g/mol. The van der Waals surface area contributed by atoms with E-state index in [9.17, 15) is 13.6 Å². The van der Waals surface area contributed by atoms with Gasteiger partial charge in [0, 0.05) is 38.4 Å². The third-order valence-electron chi connectivity index (χ3n) is 6.28. The molecule has 5 rings (SSSR count). The first-order valence-electron chi connectivity index (χ1n) is 10.8. The maximum atomic E-state index is 14.5. The summed E-state index contributed by atoms with van der Waals surface area (Å²) in [4.78, 5) is 19.6. The fourth-order valence-electron chi connectivity index (χ4n) is 4.65. The number of rotatable bonds is 4. The molecule has 2 aliphatic heterocycles. The van der Waals surface area contributed by atoms with E-state index in [-0.39, 0.29) is 30.2 Å². The molecule has 2 aromatic rings. The van der Waals surface area contributed by atoms with Gasteiger partial charge < -0.3 is 15.0 Å². The zero-order chi connectivity index (χ0) is 21.4. The minimum atomic E-state index is -1.16. The number of anilines is 1. The Bertz CT molecular complexity index is 1040. The van der Waals surface area contributed by atoms with Gasteiger partial charge in [-0.15, -0.1) is 0 Å². The molecule has 1 unspecified atom stereocenters. The second kappa shape index (κ2) is 8.37. The van der Waals surface area contributed by atoms with Gasteiger partial charge in [0.2, 0.25) is 0 Å². The third kappa shape index (κ3) is 3.94. The topological polar surface area (TPSA) is 71.8 Å². The van der Waals surface area contributed by atoms with Crippen LogP contribution in [0.15, 0.2) is 42.0 Å². The quantitative estimate of drug-likeness (QED) is 0.809. The van der Waals surface area contributed by atoms with Gasteiger partial charge in [0.25, 0.3) is 5.91 Å². The molecule has 3 aliphatic rings. The summed E-state index contributed by atoms with van der Waals surface area (Å²) in [7, 11) is 0. The molecule has 0 aromatic carbocycles. The van der Waals surface area contributed by atoms with Gasteiger partial charge in [0.1, 0.15) is 23.4 Å². The van der Waals surface area contributed by atoms with Gasteiger partial charge in [-0.2, -0.15) is 5.10 Å². The lowest BCUT2D eigenvalue weighted by atomic mass is 9.94. The molecule has 1 N–H and O–H groups in total. The molecule has 0 spiro atoms. The fourth-order valence-corrected chi connectivity index (χ4v) is 4.65. The Hall–Kier alpha value is -2.81. The van der Waals surface area contributed by atoms with Crippen LogP contribution < -0.4 is 10.2 Å². The molecule has 0 saturated carbocycles. The number of nitrogens with one attached hydrogen (secondary N) is 1. The molecule has 2 saturated heterocycles. The number of fused-ring (bicyclic) bond motifs is 1. The van der Waals surface area contributed by atoms with Gasteiger partial charge >= 0.3 is 0 Å². The minimum Gasteiger partial charge on any atom is -0.381 e. The van der Waals surface area contributed by atoms with Crippen molar-refractivity contribution in [2.24, 2.45) is 0 Å². The maximum absolute atomic E-state index is 14.5. The first kappa shape index (κ1) is 20.1. The number of ether oxygens (including phenoxy) is 1. The summed E-state index contributed by atoms with van der Waals surface area (Å²) in [5, 5.41) is 7.29. The Morgan fingerprint density at radius 1 is 1.26 bits per heavy atom. The first-order valence-corrected chi connectivity index (χ1v) is 10.8. The predicted molar refractivity (Wildman–Crippen MR) is 111 cm³/mol. The van der Waals surface area contributed by atoms with E-state index in [1.54, 1.807) is 10.7 Å². The van der Waals surface area contributed by atoms with E-state index in [2.05, 4.69) is 10.4 Å². The van der Waals surface area contributed by atoms with Crippen molar-refractivity contribution in [2.75, 3.05) is 24.7 Å². The highest BCUT2D eigenvalue weighted by atomic mass is 19.1. The Kier molecular flexibility index (Phi) is 5.43. The summed E-state index contributed by atoms with van der Waals surface area (Å²) in [6.07, 6.45) is 7.83. The fraction of sp³-hybridized carbons (Fsp3) is 0.500. The maximum Gasteiger partial charge on any atom is 0.256 e. The molecule has 7 nitrogen and oxygen atoms in total. The van der Waals surface area contributed by atoms with Gasteiger partial charge in [-0.05, 0) is 49.5 Å². The van der Waals surface area contributed by atoms with Crippen LogP contribution in [0.3, 0.4) is 0 Å². The number of amides is 1. The standard InChI is InChI=1S/C22H25F2N5O2/c23-14-3-4-18(24)16(12-14)19-2-1-8-28(19)20-5-9-29-21(27-20)17(13-25-29)22(30)26-15-6-10-31-11-7-15/h3-5,9,13-15,19H,1-2,6-8,10-12H2,(H,26,30)/t14?,19-/m1/s1. The molecule has 164 valence electrons. The van der Waals surface area contributed by atoms with Crippen LogP contribution in [0.4, 0.5) is 14.6 Å². The van der Waals surface area contributed by atoms with Gasteiger partial charge in [0.05, 0.1) is 12.2 Å². The van der Waals surface area contributed by atoms with E-state index in [0.29, 0.717) is 42.4 Å². The number of hydrogen-bond donors (Lipinski definition) is 1. The van der Waals surface area contributed by atoms with Crippen molar-refractivity contribution in [3.05, 3.63) is 47.6 Å². The van der Waals surface area contributed by atoms with Crippen molar-refractivity contribution in [3.8, 4) is 0 Å². The van der Waals surface area contributed by atoms with E-state index in [4.69, 9.17) is 9.72 Å². The van der Waals surface area contributed by atoms with Gasteiger partial charge in [-0.3, -0.25) is 4.79 Å². The van der Waals surface area contributed by atoms with Crippen molar-refractivity contribution >= 4 is 17.4 Å². The number of halogens is 2. The molecule has 2 fully saturated rings. The highest BCUT2D eigenvalue weighted by Gasteiger charge is 2.33. The number of nitrogens with zero attached hydrogens (tertiary/aromatic N) is 4. The summed E-state index contributed by atoms with van der Waals surface area (Å²) in [5.41, 5.74) is 1.34. The van der Waals surface area contributed by atoms with E-state index in [0.717, 1.165) is 25.7 Å². The minimum absolute atomic E-state index is 0.0667. The molecule has 2 aromatic heterocycles. The Balaban J connectivity index is 1.42. The number of carbonyl (C=O) groups is 1. The van der Waals surface area contributed by atoms with Crippen LogP contribution >= 0.6 is 0 Å². The van der Waals surface area contributed by atoms with Crippen LogP contribution in [0.5, 0.6) is 0 Å². The molecule has 1 amide bonds. The molecule has 0 radical (unpaired) electrons. The molecule has 0 bridgehead atoms. The van der Waals surface area contributed by atoms with E-state index in [1.807, 2.05) is 11.0 Å². The highest BCUT2D eigenvalue weighted by Crippen LogP contribution is 2.35. The Morgan fingerprint density at radius 3 is 2.94 bits per heavy atom. The van der Waals surface area contributed by atoms with Crippen LogP contribution in [-0.4, -0.2) is 58.5 Å². The zero-order valence-electron chi connectivity index (χ0n) is 17.1. The predicted octanol–water partition coefficient (Wildman–Crippen LogP) is 3.13. The summed E-state index contributed by atoms with van der Waals surface area (Å²) >= 11 is 0. The lowest BCUT2D eigenvalue weighted by Gasteiger charge is -2.29. The zero-order valence-corrected chi connectivity index (χ0v) is 17.1. The lowest BCUT2D eigenvalue weighted by Crippen LogP contribution is -2.39. The first-order chi connectivity index (χ1) is 15.1. The third-order valence-corrected chi connectivity index (χ3v) is 6.28. The van der Waals surface area contributed by atoms with Crippen molar-refractivity contribution in [1.29, 1.82) is 0 Å². The Labute approximate surface area is 178 Å². The smallest absolute Gasteiger partial charge is 0.256 e. The number of carbonyl (C=O) groups excluding carboxylic acids is 1. The average Bonchev–Trinajstić information content (AvgIpc) is 3.43. The number of aromatic nitrogens is 3. The Morgan fingerprint density at radius 2 is 2.10 bits per heavy atom.